The number of carbonyl (C=O) groups excluding carboxylic acids is 1. The van der Waals surface area contributed by atoms with Crippen molar-refractivity contribution in [2.75, 3.05) is 6.54 Å². The van der Waals surface area contributed by atoms with Crippen LogP contribution in [-0.2, 0) is 11.2 Å². The predicted molar refractivity (Wildman–Crippen MR) is 46.2 cm³/mol. The number of hydrogen-bond donors (Lipinski definition) is 2. The number of nitrogens with zero attached hydrogens (tertiary/aromatic N) is 1. The first-order chi connectivity index (χ1) is 6.22. The third-order valence-corrected chi connectivity index (χ3v) is 1.62. The molecule has 2 N–H and O–H groups in total. The minimum Gasteiger partial charge on any atom is -0.356 e. The maximum Gasteiger partial charge on any atom is 0.224 e. The molecule has 13 heavy (non-hydrogen) atoms. The summed E-state index contributed by atoms with van der Waals surface area (Å²) in [6.07, 6.45) is 3.35. The van der Waals surface area contributed by atoms with Crippen LogP contribution in [0.5, 0.6) is 0 Å². The van der Waals surface area contributed by atoms with Gasteiger partial charge in [-0.1, -0.05) is 0 Å². The molecule has 0 unspecified atom stereocenters. The summed E-state index contributed by atoms with van der Waals surface area (Å²) >= 11 is 0. The van der Waals surface area contributed by atoms with Crippen molar-refractivity contribution >= 4 is 5.91 Å². The zero-order chi connectivity index (χ0) is 9.68. The monoisotopic (exact) mass is 181 g/mol. The lowest BCUT2D eigenvalue weighted by Crippen LogP contribution is -2.29. The summed E-state index contributed by atoms with van der Waals surface area (Å²) in [6, 6.07) is 3.41. The van der Waals surface area contributed by atoms with Crippen LogP contribution in [0.25, 0.3) is 0 Å². The van der Waals surface area contributed by atoms with Gasteiger partial charge in [0.2, 0.25) is 18.3 Å². The first kappa shape index (κ1) is 9.51. The van der Waals surface area contributed by atoms with Crippen LogP contribution in [0, 0.1) is 0 Å². The molecule has 1 amide bonds. The Morgan fingerprint density at radius 3 is 2.69 bits per heavy atom. The van der Waals surface area contributed by atoms with Gasteiger partial charge in [0.05, 0.1) is 6.42 Å². The molecule has 4 nitrogen and oxygen atoms in total. The fourth-order valence-corrected chi connectivity index (χ4v) is 1.01. The average Bonchev–Trinajstić information content (AvgIpc) is 2.09. The zero-order valence-corrected chi connectivity index (χ0v) is 7.53. The van der Waals surface area contributed by atoms with Crippen molar-refractivity contribution < 1.29 is 14.7 Å². The van der Waals surface area contributed by atoms with Gasteiger partial charge in [-0.05, 0) is 12.5 Å². The lowest BCUT2D eigenvalue weighted by molar-refractivity contribution is -0.904. The number of amides is 1. The molecule has 1 rings (SSSR count). The second-order valence-corrected chi connectivity index (χ2v) is 2.72. The van der Waals surface area contributed by atoms with Crippen LogP contribution in [0.4, 0.5) is 0 Å². The van der Waals surface area contributed by atoms with E-state index in [0.717, 1.165) is 10.3 Å². The minimum atomic E-state index is -0.00168. The largest absolute Gasteiger partial charge is 0.356 e. The Morgan fingerprint density at radius 1 is 1.54 bits per heavy atom. The Balaban J connectivity index is 2.54. The number of nitrogens with one attached hydrogen (secondary N) is 1. The minimum absolute atomic E-state index is 0.00168. The summed E-state index contributed by atoms with van der Waals surface area (Å²) < 4.78 is 0.946. The summed E-state index contributed by atoms with van der Waals surface area (Å²) in [4.78, 5) is 11.1. The van der Waals surface area contributed by atoms with Crippen molar-refractivity contribution in [3.8, 4) is 0 Å². The number of rotatable bonds is 3. The molecule has 1 aromatic heterocycles. The molecule has 0 spiro atoms. The van der Waals surface area contributed by atoms with Crippen LogP contribution in [-0.4, -0.2) is 17.7 Å². The van der Waals surface area contributed by atoms with Gasteiger partial charge in [0, 0.05) is 23.4 Å². The molecular weight excluding hydrogens is 168 g/mol. The first-order valence-corrected chi connectivity index (χ1v) is 4.18. The van der Waals surface area contributed by atoms with Gasteiger partial charge in [-0.15, -0.1) is 0 Å². The highest BCUT2D eigenvalue weighted by atomic mass is 16.5. The van der Waals surface area contributed by atoms with E-state index in [-0.39, 0.29) is 5.91 Å². The molecule has 0 radical (unpaired) electrons. The van der Waals surface area contributed by atoms with E-state index >= 15 is 0 Å². The number of hydrogen-bond acceptors (Lipinski definition) is 2. The zero-order valence-electron chi connectivity index (χ0n) is 7.53. The molecule has 4 heteroatoms. The molecule has 0 bridgehead atoms. The normalized spacial score (nSPS) is 9.62. The number of carbonyl (C=O) groups is 1. The van der Waals surface area contributed by atoms with E-state index in [1.807, 2.05) is 6.92 Å². The van der Waals surface area contributed by atoms with Crippen LogP contribution >= 0.6 is 0 Å². The molecule has 70 valence electrons. The Morgan fingerprint density at radius 2 is 2.15 bits per heavy atom. The Bertz CT molecular complexity index is 282. The number of pyridine rings is 1. The Hall–Kier alpha value is -1.58. The molecule has 1 aromatic rings. The maximum absolute atomic E-state index is 11.1. The van der Waals surface area contributed by atoms with Crippen molar-refractivity contribution in [3.05, 3.63) is 30.1 Å². The summed E-state index contributed by atoms with van der Waals surface area (Å²) in [6.45, 7) is 2.52. The van der Waals surface area contributed by atoms with Gasteiger partial charge in [-0.3, -0.25) is 10.0 Å². The van der Waals surface area contributed by atoms with Crippen LogP contribution in [0.1, 0.15) is 12.5 Å². The smallest absolute Gasteiger partial charge is 0.224 e. The van der Waals surface area contributed by atoms with E-state index in [2.05, 4.69) is 5.32 Å². The highest BCUT2D eigenvalue weighted by molar-refractivity contribution is 5.78. The lowest BCUT2D eigenvalue weighted by atomic mass is 10.2. The average molecular weight is 181 g/mol. The second-order valence-electron chi connectivity index (χ2n) is 2.72. The maximum atomic E-state index is 11.1. The van der Waals surface area contributed by atoms with Crippen molar-refractivity contribution in [1.29, 1.82) is 0 Å². The third-order valence-electron chi connectivity index (χ3n) is 1.62. The first-order valence-electron chi connectivity index (χ1n) is 4.18. The van der Waals surface area contributed by atoms with E-state index in [0.29, 0.717) is 13.0 Å². The SMILES string of the molecule is CCNC(=O)Cc1cc[n+](O)cc1. The molecule has 0 aliphatic rings. The summed E-state index contributed by atoms with van der Waals surface area (Å²) in [5.41, 5.74) is 0.885. The molecule has 0 atom stereocenters. The fraction of sp³-hybridized carbons (Fsp3) is 0.333. The molecule has 1 heterocycles. The van der Waals surface area contributed by atoms with Crippen LogP contribution in [0.3, 0.4) is 0 Å². The van der Waals surface area contributed by atoms with E-state index in [1.54, 1.807) is 12.1 Å². The summed E-state index contributed by atoms with van der Waals surface area (Å²) in [5, 5.41) is 11.6. The molecule has 0 saturated carbocycles. The molecular formula is C9H13N2O2+. The van der Waals surface area contributed by atoms with Crippen LogP contribution in [0.2, 0.25) is 0 Å². The van der Waals surface area contributed by atoms with Crippen LogP contribution < -0.4 is 10.0 Å². The van der Waals surface area contributed by atoms with Crippen molar-refractivity contribution in [2.45, 2.75) is 13.3 Å². The standard InChI is InChI=1S/C9H12N2O2/c1-2-10-9(12)7-8-3-5-11(13)6-4-8/h3-6H,2,7H2,1H3,(H-,10,12,13)/p+1. The van der Waals surface area contributed by atoms with Gasteiger partial charge in [0.15, 0.2) is 0 Å². The number of aromatic nitrogens is 1. The van der Waals surface area contributed by atoms with Crippen molar-refractivity contribution in [2.24, 2.45) is 0 Å². The van der Waals surface area contributed by atoms with E-state index < -0.39 is 0 Å². The second kappa shape index (κ2) is 4.45. The molecule has 0 aliphatic carbocycles. The summed E-state index contributed by atoms with van der Waals surface area (Å²) in [5.74, 6) is -0.00168. The Kier molecular flexibility index (Phi) is 3.25. The predicted octanol–water partition coefficient (Wildman–Crippen LogP) is -0.110. The van der Waals surface area contributed by atoms with E-state index in [9.17, 15) is 4.79 Å². The van der Waals surface area contributed by atoms with Gasteiger partial charge in [-0.25, -0.2) is 0 Å². The molecule has 0 saturated heterocycles. The quantitative estimate of drug-likeness (QED) is 0.505. The summed E-state index contributed by atoms with van der Waals surface area (Å²) in [7, 11) is 0. The molecule has 0 fully saturated rings. The van der Waals surface area contributed by atoms with E-state index in [1.165, 1.54) is 12.4 Å². The van der Waals surface area contributed by atoms with Gasteiger partial charge >= 0.3 is 0 Å². The third kappa shape index (κ3) is 3.11. The van der Waals surface area contributed by atoms with Gasteiger partial charge in [-0.2, -0.15) is 0 Å². The Labute approximate surface area is 76.8 Å². The highest BCUT2D eigenvalue weighted by Crippen LogP contribution is 1.95. The topological polar surface area (TPSA) is 53.2 Å². The molecule has 0 aliphatic heterocycles. The number of likely N-dealkylation sites (N-methyl/N-ethyl adjacent to an activating group) is 1. The van der Waals surface area contributed by atoms with Gasteiger partial charge < -0.3 is 5.32 Å². The van der Waals surface area contributed by atoms with Gasteiger partial charge in [0.25, 0.3) is 0 Å². The van der Waals surface area contributed by atoms with Gasteiger partial charge in [0.1, 0.15) is 0 Å². The van der Waals surface area contributed by atoms with Crippen molar-refractivity contribution in [1.82, 2.24) is 5.32 Å². The fourth-order valence-electron chi connectivity index (χ4n) is 1.01. The van der Waals surface area contributed by atoms with Crippen molar-refractivity contribution in [3.63, 3.8) is 0 Å². The van der Waals surface area contributed by atoms with Crippen LogP contribution in [0.15, 0.2) is 24.5 Å². The highest BCUT2D eigenvalue weighted by Gasteiger charge is 2.03. The van der Waals surface area contributed by atoms with E-state index in [4.69, 9.17) is 5.21 Å². The lowest BCUT2D eigenvalue weighted by Gasteiger charge is -1.99. The molecule has 0 aromatic carbocycles.